The second-order valence-corrected chi connectivity index (χ2v) is 1.49. The van der Waals surface area contributed by atoms with Crippen molar-refractivity contribution in [3.05, 3.63) is 0 Å². The van der Waals surface area contributed by atoms with E-state index in [-0.39, 0.29) is 0 Å². The van der Waals surface area contributed by atoms with Gasteiger partial charge in [-0.25, -0.2) is 0 Å². The number of guanidine groups is 1. The molecule has 0 aromatic heterocycles. The standard InChI is InChI=1S/C3H7IN4/c1-2-6-8-3(5)7-4/h2H,1H3,(H3,5,7,8)/b6-2+. The Labute approximate surface area is 61.7 Å². The third-order valence-electron chi connectivity index (χ3n) is 0.378. The van der Waals surface area contributed by atoms with Gasteiger partial charge >= 0.3 is 0 Å². The van der Waals surface area contributed by atoms with Crippen molar-refractivity contribution in [2.75, 3.05) is 0 Å². The number of nitrogens with one attached hydrogen (secondary N) is 1. The van der Waals surface area contributed by atoms with E-state index in [2.05, 4.69) is 13.7 Å². The topological polar surface area (TPSA) is 62.8 Å². The molecule has 0 bridgehead atoms. The van der Waals surface area contributed by atoms with Gasteiger partial charge in [-0.2, -0.15) is 5.10 Å². The molecule has 0 aromatic carbocycles. The molecule has 0 saturated heterocycles. The normalized spacial score (nSPS) is 12.5. The molecule has 0 aliphatic carbocycles. The van der Waals surface area contributed by atoms with Gasteiger partial charge in [-0.05, 0) is 6.92 Å². The first-order valence-corrected chi connectivity index (χ1v) is 3.07. The summed E-state index contributed by atoms with van der Waals surface area (Å²) in [6.07, 6.45) is 1.56. The maximum absolute atomic E-state index is 5.18. The molecule has 4 nitrogen and oxygen atoms in total. The Kier molecular flexibility index (Phi) is 4.62. The Morgan fingerprint density at radius 3 is 2.88 bits per heavy atom. The van der Waals surface area contributed by atoms with E-state index < -0.39 is 0 Å². The molecule has 0 unspecified atom stereocenters. The predicted molar refractivity (Wildman–Crippen MR) is 42.9 cm³/mol. The average Bonchev–Trinajstić information content (AvgIpc) is 1.83. The summed E-state index contributed by atoms with van der Waals surface area (Å²) in [4.78, 5) is 0. The van der Waals surface area contributed by atoms with Crippen LogP contribution in [0.3, 0.4) is 0 Å². The van der Waals surface area contributed by atoms with Crippen LogP contribution in [0.25, 0.3) is 0 Å². The molecule has 8 heavy (non-hydrogen) atoms. The third-order valence-corrected chi connectivity index (χ3v) is 0.930. The van der Waals surface area contributed by atoms with Gasteiger partial charge in [-0.3, -0.25) is 3.53 Å². The molecule has 0 radical (unpaired) electrons. The maximum atomic E-state index is 5.18. The number of nitrogens with two attached hydrogens (primary N) is 1. The van der Waals surface area contributed by atoms with Gasteiger partial charge in [0.2, 0.25) is 5.96 Å². The molecule has 46 valence electrons. The minimum Gasteiger partial charge on any atom is -0.368 e. The van der Waals surface area contributed by atoms with Crippen LogP contribution in [-0.4, -0.2) is 12.2 Å². The van der Waals surface area contributed by atoms with E-state index in [0.29, 0.717) is 5.96 Å². The first kappa shape index (κ1) is 7.67. The highest BCUT2D eigenvalue weighted by Crippen LogP contribution is 1.71. The van der Waals surface area contributed by atoms with Gasteiger partial charge in [0.1, 0.15) is 0 Å². The summed E-state index contributed by atoms with van der Waals surface area (Å²) in [6.45, 7) is 1.77. The van der Waals surface area contributed by atoms with Crippen LogP contribution < -0.4 is 9.26 Å². The van der Waals surface area contributed by atoms with Gasteiger partial charge in [0.05, 0.1) is 22.9 Å². The van der Waals surface area contributed by atoms with Gasteiger partial charge in [0, 0.05) is 6.21 Å². The Morgan fingerprint density at radius 1 is 1.88 bits per heavy atom. The monoisotopic (exact) mass is 226 g/mol. The molecule has 0 aromatic rings. The summed E-state index contributed by atoms with van der Waals surface area (Å²) in [5, 5.41) is 7.02. The number of rotatable bonds is 1. The van der Waals surface area contributed by atoms with Crippen LogP contribution >= 0.6 is 22.9 Å². The minimum absolute atomic E-state index is 0.309. The highest BCUT2D eigenvalue weighted by Gasteiger charge is 1.77. The molecule has 0 heterocycles. The third kappa shape index (κ3) is 3.85. The zero-order valence-electron chi connectivity index (χ0n) is 4.43. The van der Waals surface area contributed by atoms with Crippen molar-refractivity contribution in [3.63, 3.8) is 0 Å². The molecule has 0 amide bonds. The molecular formula is C3H7IN4. The van der Waals surface area contributed by atoms with Gasteiger partial charge < -0.3 is 5.73 Å². The first-order chi connectivity index (χ1) is 3.81. The molecule has 0 rings (SSSR count). The van der Waals surface area contributed by atoms with Gasteiger partial charge in [0.25, 0.3) is 0 Å². The largest absolute Gasteiger partial charge is 0.368 e. The molecule has 0 aliphatic heterocycles. The molecule has 0 fully saturated rings. The Morgan fingerprint density at radius 2 is 2.50 bits per heavy atom. The highest BCUT2D eigenvalue weighted by molar-refractivity contribution is 14.1. The van der Waals surface area contributed by atoms with Crippen LogP contribution in [0.2, 0.25) is 0 Å². The summed E-state index contributed by atoms with van der Waals surface area (Å²) in [5.74, 6) is 0.309. The van der Waals surface area contributed by atoms with Gasteiger partial charge in [-0.15, -0.1) is 5.10 Å². The number of hydrogen-bond donors (Lipinski definition) is 2. The van der Waals surface area contributed by atoms with Crippen molar-refractivity contribution in [2.45, 2.75) is 6.92 Å². The summed E-state index contributed by atoms with van der Waals surface area (Å²) >= 11 is 1.87. The highest BCUT2D eigenvalue weighted by atomic mass is 127. The van der Waals surface area contributed by atoms with E-state index in [4.69, 9.17) is 5.73 Å². The van der Waals surface area contributed by atoms with E-state index in [9.17, 15) is 0 Å². The SMILES string of the molecule is C/C=N/N=C(/N)NI. The van der Waals surface area contributed by atoms with E-state index in [1.165, 1.54) is 0 Å². The lowest BCUT2D eigenvalue weighted by atomic mass is 10.9. The van der Waals surface area contributed by atoms with Crippen LogP contribution in [0.1, 0.15) is 6.92 Å². The molecule has 0 aliphatic rings. The van der Waals surface area contributed by atoms with E-state index in [1.807, 2.05) is 22.9 Å². The van der Waals surface area contributed by atoms with Crippen molar-refractivity contribution in [3.8, 4) is 0 Å². The van der Waals surface area contributed by atoms with Crippen molar-refractivity contribution in [2.24, 2.45) is 15.9 Å². The summed E-state index contributed by atoms with van der Waals surface area (Å²) in [5.41, 5.74) is 5.18. The predicted octanol–water partition coefficient (Wildman–Crippen LogP) is 0.246. The molecule has 3 N–H and O–H groups in total. The summed E-state index contributed by atoms with van der Waals surface area (Å²) in [6, 6.07) is 0. The van der Waals surface area contributed by atoms with Gasteiger partial charge in [0.15, 0.2) is 0 Å². The van der Waals surface area contributed by atoms with Crippen LogP contribution in [0.15, 0.2) is 10.2 Å². The summed E-state index contributed by atoms with van der Waals surface area (Å²) < 4.78 is 2.58. The quantitative estimate of drug-likeness (QED) is 0.221. The zero-order valence-corrected chi connectivity index (χ0v) is 6.58. The first-order valence-electron chi connectivity index (χ1n) is 1.99. The summed E-state index contributed by atoms with van der Waals surface area (Å²) in [7, 11) is 0. The molecule has 0 spiro atoms. The minimum atomic E-state index is 0.309. The fraction of sp³-hybridized carbons (Fsp3) is 0.333. The fourth-order valence-corrected chi connectivity index (χ4v) is 0.247. The lowest BCUT2D eigenvalue weighted by molar-refractivity contribution is 1.20. The second-order valence-electron chi connectivity index (χ2n) is 0.953. The Bertz CT molecular complexity index is 108. The van der Waals surface area contributed by atoms with Crippen LogP contribution in [0.4, 0.5) is 0 Å². The van der Waals surface area contributed by atoms with E-state index in [0.717, 1.165) is 0 Å². The molecule has 0 saturated carbocycles. The van der Waals surface area contributed by atoms with Crippen LogP contribution in [-0.2, 0) is 0 Å². The number of halogens is 1. The Hall–Kier alpha value is -0.330. The number of hydrogen-bond acceptors (Lipinski definition) is 2. The molecule has 0 atom stereocenters. The lowest BCUT2D eigenvalue weighted by Crippen LogP contribution is -2.22. The average molecular weight is 226 g/mol. The van der Waals surface area contributed by atoms with Gasteiger partial charge in [-0.1, -0.05) is 0 Å². The van der Waals surface area contributed by atoms with Crippen molar-refractivity contribution >= 4 is 35.0 Å². The second kappa shape index (κ2) is 4.82. The van der Waals surface area contributed by atoms with E-state index >= 15 is 0 Å². The number of nitrogens with zero attached hydrogens (tertiary/aromatic N) is 2. The smallest absolute Gasteiger partial charge is 0.222 e. The maximum Gasteiger partial charge on any atom is 0.222 e. The zero-order chi connectivity index (χ0) is 6.41. The molecular weight excluding hydrogens is 219 g/mol. The van der Waals surface area contributed by atoms with Crippen molar-refractivity contribution in [1.82, 2.24) is 3.53 Å². The van der Waals surface area contributed by atoms with Crippen molar-refractivity contribution < 1.29 is 0 Å². The fourth-order valence-electron chi connectivity index (χ4n) is 0.139. The van der Waals surface area contributed by atoms with Crippen LogP contribution in [0, 0.1) is 0 Å². The Balaban J connectivity index is 3.57. The van der Waals surface area contributed by atoms with Crippen molar-refractivity contribution in [1.29, 1.82) is 0 Å². The lowest BCUT2D eigenvalue weighted by Gasteiger charge is -1.87. The molecule has 5 heteroatoms. The van der Waals surface area contributed by atoms with Crippen LogP contribution in [0.5, 0.6) is 0 Å². The van der Waals surface area contributed by atoms with E-state index in [1.54, 1.807) is 13.1 Å².